The maximum Gasteiger partial charge on any atom is 0.412 e. The average Bonchev–Trinajstić information content (AvgIpc) is 2.64. The third kappa shape index (κ3) is 16.4. The zero-order valence-electron chi connectivity index (χ0n) is 18.5. The van der Waals surface area contributed by atoms with Gasteiger partial charge in [0, 0.05) is 5.69 Å². The minimum atomic E-state index is -3.42. The summed E-state index contributed by atoms with van der Waals surface area (Å²) in [4.78, 5) is 11.7. The minimum Gasteiger partial charge on any atom is -0.491 e. The molecule has 31 heavy (non-hydrogen) atoms. The van der Waals surface area contributed by atoms with Crippen molar-refractivity contribution in [2.24, 2.45) is 0 Å². The molecular formula is C20H33NO9S. The lowest BCUT2D eigenvalue weighted by Crippen LogP contribution is -2.27. The van der Waals surface area contributed by atoms with E-state index in [0.717, 1.165) is 6.26 Å². The number of carbonyl (C=O) groups excluding carboxylic acids is 1. The Morgan fingerprint density at radius 1 is 0.839 bits per heavy atom. The molecule has 1 rings (SSSR count). The van der Waals surface area contributed by atoms with Crippen molar-refractivity contribution < 1.29 is 41.1 Å². The molecule has 11 heteroatoms. The standard InChI is InChI=1S/C20H33NO9S/c1-20(2,3)30-19(22)21-17-5-7-18(8-6-17)28-15-13-26-11-9-25-10-12-27-14-16-29-31(4,23)24/h5-8H,9-16H2,1-4H3,(H,21,22). The van der Waals surface area contributed by atoms with Gasteiger partial charge in [-0.1, -0.05) is 0 Å². The quantitative estimate of drug-likeness (QED) is 0.309. The molecule has 0 bridgehead atoms. The van der Waals surface area contributed by atoms with E-state index < -0.39 is 21.8 Å². The molecule has 1 amide bonds. The third-order valence-electron chi connectivity index (χ3n) is 3.27. The summed E-state index contributed by atoms with van der Waals surface area (Å²) in [6.07, 6.45) is 0.480. The van der Waals surface area contributed by atoms with Crippen molar-refractivity contribution in [3.05, 3.63) is 24.3 Å². The minimum absolute atomic E-state index is 0.00900. The van der Waals surface area contributed by atoms with Crippen molar-refractivity contribution in [1.29, 1.82) is 0 Å². The normalized spacial score (nSPS) is 11.9. The fourth-order valence-corrected chi connectivity index (χ4v) is 2.43. The molecule has 0 spiro atoms. The van der Waals surface area contributed by atoms with Crippen molar-refractivity contribution in [2.75, 3.05) is 64.4 Å². The summed E-state index contributed by atoms with van der Waals surface area (Å²) in [5.74, 6) is 0.659. The molecule has 0 aromatic heterocycles. The molecule has 10 nitrogen and oxygen atoms in total. The van der Waals surface area contributed by atoms with Crippen LogP contribution in [0.3, 0.4) is 0 Å². The van der Waals surface area contributed by atoms with Crippen LogP contribution in [0.2, 0.25) is 0 Å². The van der Waals surface area contributed by atoms with Crippen LogP contribution in [0.1, 0.15) is 20.8 Å². The lowest BCUT2D eigenvalue weighted by molar-refractivity contribution is 0.00532. The zero-order chi connectivity index (χ0) is 23.2. The van der Waals surface area contributed by atoms with Crippen LogP contribution in [-0.4, -0.2) is 79.2 Å². The molecule has 0 unspecified atom stereocenters. The molecule has 0 atom stereocenters. The highest BCUT2D eigenvalue weighted by atomic mass is 32.2. The lowest BCUT2D eigenvalue weighted by atomic mass is 10.2. The Morgan fingerprint density at radius 3 is 1.81 bits per heavy atom. The Labute approximate surface area is 184 Å². The predicted octanol–water partition coefficient (Wildman–Crippen LogP) is 2.44. The molecular weight excluding hydrogens is 430 g/mol. The first kappa shape index (κ1) is 27.1. The number of amides is 1. The van der Waals surface area contributed by atoms with E-state index in [4.69, 9.17) is 23.7 Å². The molecule has 0 saturated heterocycles. The van der Waals surface area contributed by atoms with E-state index in [0.29, 0.717) is 51.1 Å². The second-order valence-electron chi connectivity index (χ2n) is 7.36. The largest absolute Gasteiger partial charge is 0.491 e. The van der Waals surface area contributed by atoms with Gasteiger partial charge in [-0.15, -0.1) is 0 Å². The Bertz CT molecular complexity index is 730. The van der Waals surface area contributed by atoms with Crippen LogP contribution in [0.5, 0.6) is 5.75 Å². The van der Waals surface area contributed by atoms with Crippen LogP contribution in [0.15, 0.2) is 24.3 Å². The summed E-state index contributed by atoms with van der Waals surface area (Å²) in [5, 5.41) is 2.65. The molecule has 178 valence electrons. The Morgan fingerprint density at radius 2 is 1.32 bits per heavy atom. The second-order valence-corrected chi connectivity index (χ2v) is 9.01. The van der Waals surface area contributed by atoms with Gasteiger partial charge < -0.3 is 23.7 Å². The number of rotatable bonds is 15. The van der Waals surface area contributed by atoms with E-state index in [1.165, 1.54) is 0 Å². The van der Waals surface area contributed by atoms with Gasteiger partial charge in [-0.25, -0.2) is 4.79 Å². The van der Waals surface area contributed by atoms with E-state index >= 15 is 0 Å². The van der Waals surface area contributed by atoms with E-state index in [2.05, 4.69) is 9.50 Å². The molecule has 0 aliphatic heterocycles. The fourth-order valence-electron chi connectivity index (χ4n) is 2.06. The highest BCUT2D eigenvalue weighted by molar-refractivity contribution is 7.85. The van der Waals surface area contributed by atoms with Gasteiger partial charge in [-0.05, 0) is 45.0 Å². The van der Waals surface area contributed by atoms with Gasteiger partial charge in [0.2, 0.25) is 0 Å². The number of nitrogens with one attached hydrogen (secondary N) is 1. The molecule has 0 aliphatic rings. The van der Waals surface area contributed by atoms with Gasteiger partial charge in [0.25, 0.3) is 10.1 Å². The Kier molecular flexibility index (Phi) is 12.4. The number of anilines is 1. The lowest BCUT2D eigenvalue weighted by Gasteiger charge is -2.19. The van der Waals surface area contributed by atoms with E-state index in [-0.39, 0.29) is 13.2 Å². The molecule has 1 aromatic carbocycles. The van der Waals surface area contributed by atoms with E-state index in [9.17, 15) is 13.2 Å². The Balaban J connectivity index is 1.99. The first-order valence-electron chi connectivity index (χ1n) is 9.86. The monoisotopic (exact) mass is 463 g/mol. The number of ether oxygens (including phenoxy) is 5. The number of benzene rings is 1. The van der Waals surface area contributed by atoms with E-state index in [1.54, 1.807) is 45.0 Å². The highest BCUT2D eigenvalue weighted by Crippen LogP contribution is 2.17. The van der Waals surface area contributed by atoms with Crippen molar-refractivity contribution in [3.63, 3.8) is 0 Å². The second kappa shape index (κ2) is 14.2. The summed E-state index contributed by atoms with van der Waals surface area (Å²) in [6, 6.07) is 6.94. The first-order chi connectivity index (χ1) is 14.6. The smallest absolute Gasteiger partial charge is 0.412 e. The highest BCUT2D eigenvalue weighted by Gasteiger charge is 2.16. The summed E-state index contributed by atoms with van der Waals surface area (Å²) in [6.45, 7) is 7.90. The summed E-state index contributed by atoms with van der Waals surface area (Å²) >= 11 is 0. The zero-order valence-corrected chi connectivity index (χ0v) is 19.4. The van der Waals surface area contributed by atoms with Gasteiger partial charge in [-0.2, -0.15) is 8.42 Å². The first-order valence-corrected chi connectivity index (χ1v) is 11.7. The molecule has 0 radical (unpaired) electrons. The van der Waals surface area contributed by atoms with Crippen LogP contribution in [0.4, 0.5) is 10.5 Å². The average molecular weight is 464 g/mol. The van der Waals surface area contributed by atoms with Gasteiger partial charge >= 0.3 is 6.09 Å². The third-order valence-corrected chi connectivity index (χ3v) is 3.86. The van der Waals surface area contributed by atoms with Crippen LogP contribution in [0.25, 0.3) is 0 Å². The van der Waals surface area contributed by atoms with Crippen molar-refractivity contribution in [3.8, 4) is 5.75 Å². The number of carbonyl (C=O) groups is 1. The molecule has 0 fully saturated rings. The number of hydrogen-bond acceptors (Lipinski definition) is 9. The summed E-state index contributed by atoms with van der Waals surface area (Å²) in [7, 11) is -3.42. The van der Waals surface area contributed by atoms with Crippen LogP contribution < -0.4 is 10.1 Å². The SMILES string of the molecule is CC(C)(C)OC(=O)Nc1ccc(OCCOCCOCCOCCOS(C)(=O)=O)cc1. The van der Waals surface area contributed by atoms with Crippen molar-refractivity contribution in [2.45, 2.75) is 26.4 Å². The van der Waals surface area contributed by atoms with Gasteiger partial charge in [0.05, 0.1) is 52.5 Å². The topological polar surface area (TPSA) is 119 Å². The molecule has 0 saturated carbocycles. The summed E-state index contributed by atoms with van der Waals surface area (Å²) < 4.78 is 52.7. The molecule has 0 heterocycles. The van der Waals surface area contributed by atoms with Crippen LogP contribution in [-0.2, 0) is 33.2 Å². The molecule has 1 N–H and O–H groups in total. The van der Waals surface area contributed by atoms with Gasteiger partial charge in [0.15, 0.2) is 0 Å². The van der Waals surface area contributed by atoms with Crippen molar-refractivity contribution in [1.82, 2.24) is 0 Å². The van der Waals surface area contributed by atoms with Crippen LogP contribution in [0, 0.1) is 0 Å². The van der Waals surface area contributed by atoms with Crippen LogP contribution >= 0.6 is 0 Å². The fraction of sp³-hybridized carbons (Fsp3) is 0.650. The van der Waals surface area contributed by atoms with Crippen molar-refractivity contribution >= 4 is 21.9 Å². The number of hydrogen-bond donors (Lipinski definition) is 1. The molecule has 0 aliphatic carbocycles. The maximum atomic E-state index is 11.7. The van der Waals surface area contributed by atoms with Gasteiger partial charge in [0.1, 0.15) is 18.0 Å². The van der Waals surface area contributed by atoms with E-state index in [1.807, 2.05) is 0 Å². The summed E-state index contributed by atoms with van der Waals surface area (Å²) in [5.41, 5.74) is 0.0602. The maximum absolute atomic E-state index is 11.7. The Hall–Kier alpha value is -1.92. The van der Waals surface area contributed by atoms with Gasteiger partial charge in [-0.3, -0.25) is 9.50 Å². The predicted molar refractivity (Wildman–Crippen MR) is 115 cm³/mol. The molecule has 1 aromatic rings.